The highest BCUT2D eigenvalue weighted by atomic mass is 16.5. The molecule has 1 aliphatic carbocycles. The molecule has 1 heterocycles. The van der Waals surface area contributed by atoms with Crippen LogP contribution in [-0.2, 0) is 20.8 Å². The van der Waals surface area contributed by atoms with E-state index in [9.17, 15) is 0 Å². The average molecular weight is 322 g/mol. The zero-order valence-electron chi connectivity index (χ0n) is 13.7. The van der Waals surface area contributed by atoms with E-state index >= 15 is 0 Å². The Labute approximate surface area is 137 Å². The molecule has 128 valence electrons. The average Bonchev–Trinajstić information content (AvgIpc) is 2.61. The molecule has 0 amide bonds. The second-order valence-electron chi connectivity index (χ2n) is 5.58. The van der Waals surface area contributed by atoms with Crippen LogP contribution in [0.3, 0.4) is 0 Å². The fourth-order valence-corrected chi connectivity index (χ4v) is 2.49. The van der Waals surface area contributed by atoms with Crippen LogP contribution in [0, 0.1) is 5.92 Å². The van der Waals surface area contributed by atoms with Crippen molar-refractivity contribution in [3.63, 3.8) is 0 Å². The molecular formula is C17H26N2O4. The van der Waals surface area contributed by atoms with Crippen molar-refractivity contribution in [2.24, 2.45) is 5.92 Å². The summed E-state index contributed by atoms with van der Waals surface area (Å²) in [7, 11) is 1.66. The number of aliphatic hydroxyl groups excluding tert-OH is 1. The van der Waals surface area contributed by atoms with Gasteiger partial charge in [0, 0.05) is 19.9 Å². The molecule has 23 heavy (non-hydrogen) atoms. The SMILES string of the molecule is COCCOCCOC[C@H]1CC=C(c2nccc(CO)n2)CC1. The number of methoxy groups -OCH3 is 1. The van der Waals surface area contributed by atoms with Gasteiger partial charge >= 0.3 is 0 Å². The molecule has 1 atom stereocenters. The number of aromatic nitrogens is 2. The molecule has 6 nitrogen and oxygen atoms in total. The Kier molecular flexibility index (Phi) is 8.17. The molecule has 1 N–H and O–H groups in total. The maximum atomic E-state index is 9.15. The summed E-state index contributed by atoms with van der Waals surface area (Å²) in [6, 6.07) is 1.73. The van der Waals surface area contributed by atoms with Crippen LogP contribution in [0.25, 0.3) is 5.57 Å². The van der Waals surface area contributed by atoms with Crippen LogP contribution in [-0.4, -0.2) is 55.2 Å². The van der Waals surface area contributed by atoms with Crippen molar-refractivity contribution < 1.29 is 19.3 Å². The maximum Gasteiger partial charge on any atom is 0.155 e. The highest BCUT2D eigenvalue weighted by Crippen LogP contribution is 2.28. The Balaban J connectivity index is 1.67. The van der Waals surface area contributed by atoms with Gasteiger partial charge < -0.3 is 19.3 Å². The molecule has 0 unspecified atom stereocenters. The van der Waals surface area contributed by atoms with Gasteiger partial charge in [0.25, 0.3) is 0 Å². The van der Waals surface area contributed by atoms with E-state index in [0.717, 1.165) is 31.7 Å². The smallest absolute Gasteiger partial charge is 0.155 e. The van der Waals surface area contributed by atoms with Crippen molar-refractivity contribution in [2.45, 2.75) is 25.9 Å². The van der Waals surface area contributed by atoms with Gasteiger partial charge in [0.1, 0.15) is 0 Å². The van der Waals surface area contributed by atoms with E-state index < -0.39 is 0 Å². The number of ether oxygens (including phenoxy) is 3. The van der Waals surface area contributed by atoms with Crippen molar-refractivity contribution in [1.82, 2.24) is 9.97 Å². The van der Waals surface area contributed by atoms with Crippen molar-refractivity contribution in [1.29, 1.82) is 0 Å². The second-order valence-corrected chi connectivity index (χ2v) is 5.58. The highest BCUT2D eigenvalue weighted by molar-refractivity contribution is 5.60. The van der Waals surface area contributed by atoms with E-state index in [0.29, 0.717) is 38.0 Å². The van der Waals surface area contributed by atoms with E-state index in [2.05, 4.69) is 16.0 Å². The zero-order valence-corrected chi connectivity index (χ0v) is 13.7. The minimum absolute atomic E-state index is 0.0499. The largest absolute Gasteiger partial charge is 0.390 e. The van der Waals surface area contributed by atoms with Crippen molar-refractivity contribution in [3.05, 3.63) is 29.9 Å². The monoisotopic (exact) mass is 322 g/mol. The van der Waals surface area contributed by atoms with Gasteiger partial charge in [-0.25, -0.2) is 9.97 Å². The van der Waals surface area contributed by atoms with Crippen molar-refractivity contribution in [2.75, 3.05) is 40.1 Å². The van der Waals surface area contributed by atoms with Crippen molar-refractivity contribution >= 4 is 5.57 Å². The van der Waals surface area contributed by atoms with Crippen LogP contribution in [0.5, 0.6) is 0 Å². The predicted octanol–water partition coefficient (Wildman–Crippen LogP) is 1.83. The molecule has 0 fully saturated rings. The predicted molar refractivity (Wildman–Crippen MR) is 86.8 cm³/mol. The van der Waals surface area contributed by atoms with E-state index in [1.807, 2.05) is 0 Å². The number of hydrogen-bond acceptors (Lipinski definition) is 6. The minimum Gasteiger partial charge on any atom is -0.390 e. The first-order valence-electron chi connectivity index (χ1n) is 8.10. The lowest BCUT2D eigenvalue weighted by Gasteiger charge is -2.21. The normalized spacial score (nSPS) is 18.0. The lowest BCUT2D eigenvalue weighted by molar-refractivity contribution is 0.0148. The van der Waals surface area contributed by atoms with E-state index in [4.69, 9.17) is 19.3 Å². The highest BCUT2D eigenvalue weighted by Gasteiger charge is 2.17. The molecule has 1 aromatic rings. The summed E-state index contributed by atoms with van der Waals surface area (Å²) in [6.07, 6.45) is 6.90. The molecule has 0 radical (unpaired) electrons. The summed E-state index contributed by atoms with van der Waals surface area (Å²) in [5.74, 6) is 1.28. The van der Waals surface area contributed by atoms with Crippen LogP contribution >= 0.6 is 0 Å². The lowest BCUT2D eigenvalue weighted by atomic mass is 9.90. The summed E-state index contributed by atoms with van der Waals surface area (Å²) < 4.78 is 15.9. The third-order valence-corrected chi connectivity index (χ3v) is 3.84. The molecule has 0 aliphatic heterocycles. The molecular weight excluding hydrogens is 296 g/mol. The molecule has 0 saturated carbocycles. The van der Waals surface area contributed by atoms with Gasteiger partial charge in [0.2, 0.25) is 0 Å². The number of aliphatic hydroxyl groups is 1. The number of allylic oxidation sites excluding steroid dienone is 2. The zero-order chi connectivity index (χ0) is 16.3. The summed E-state index contributed by atoms with van der Waals surface area (Å²) in [5.41, 5.74) is 1.83. The Hall–Kier alpha value is -1.34. The molecule has 0 aromatic carbocycles. The van der Waals surface area contributed by atoms with E-state index in [-0.39, 0.29) is 6.61 Å². The quantitative estimate of drug-likeness (QED) is 0.663. The third kappa shape index (κ3) is 6.35. The van der Waals surface area contributed by atoms with Crippen molar-refractivity contribution in [3.8, 4) is 0 Å². The maximum absolute atomic E-state index is 9.15. The van der Waals surface area contributed by atoms with Crippen LogP contribution < -0.4 is 0 Å². The molecule has 1 aliphatic rings. The molecule has 0 saturated heterocycles. The first-order chi connectivity index (χ1) is 11.3. The van der Waals surface area contributed by atoms with Gasteiger partial charge in [0.05, 0.1) is 38.7 Å². The Morgan fingerprint density at radius 3 is 2.78 bits per heavy atom. The van der Waals surface area contributed by atoms with Crippen LogP contribution in [0.4, 0.5) is 0 Å². The summed E-state index contributed by atoms with van der Waals surface area (Å²) in [6.45, 7) is 3.18. The van der Waals surface area contributed by atoms with Gasteiger partial charge in [0.15, 0.2) is 5.82 Å². The molecule has 0 spiro atoms. The van der Waals surface area contributed by atoms with Crippen LogP contribution in [0.2, 0.25) is 0 Å². The first-order valence-corrected chi connectivity index (χ1v) is 8.10. The molecule has 6 heteroatoms. The number of hydrogen-bond donors (Lipinski definition) is 1. The van der Waals surface area contributed by atoms with Gasteiger partial charge in [-0.1, -0.05) is 6.08 Å². The molecule has 0 bridgehead atoms. The summed E-state index contributed by atoms with van der Waals surface area (Å²) >= 11 is 0. The van der Waals surface area contributed by atoms with Gasteiger partial charge in [-0.2, -0.15) is 0 Å². The van der Waals surface area contributed by atoms with Gasteiger partial charge in [-0.3, -0.25) is 0 Å². The number of rotatable bonds is 10. The molecule has 2 rings (SSSR count). The minimum atomic E-state index is -0.0499. The van der Waals surface area contributed by atoms with Gasteiger partial charge in [-0.15, -0.1) is 0 Å². The van der Waals surface area contributed by atoms with Gasteiger partial charge in [-0.05, 0) is 36.8 Å². The fourth-order valence-electron chi connectivity index (χ4n) is 2.49. The Bertz CT molecular complexity index is 493. The number of nitrogens with zero attached hydrogens (tertiary/aromatic N) is 2. The second kappa shape index (κ2) is 10.4. The molecule has 1 aromatic heterocycles. The summed E-state index contributed by atoms with van der Waals surface area (Å²) in [4.78, 5) is 8.66. The first kappa shape index (κ1) is 18.0. The lowest BCUT2D eigenvalue weighted by Crippen LogP contribution is -2.16. The Morgan fingerprint density at radius 2 is 2.04 bits per heavy atom. The Morgan fingerprint density at radius 1 is 1.22 bits per heavy atom. The van der Waals surface area contributed by atoms with Crippen LogP contribution in [0.15, 0.2) is 18.3 Å². The van der Waals surface area contributed by atoms with E-state index in [1.54, 1.807) is 19.4 Å². The van der Waals surface area contributed by atoms with E-state index in [1.165, 1.54) is 5.57 Å². The van der Waals surface area contributed by atoms with Crippen LogP contribution in [0.1, 0.15) is 30.8 Å². The fraction of sp³-hybridized carbons (Fsp3) is 0.647. The standard InChI is InChI=1S/C17H26N2O4/c1-21-8-9-22-10-11-23-13-14-2-4-15(5-3-14)17-18-7-6-16(12-20)19-17/h4,6-7,14,20H,2-3,5,8-13H2,1H3/t14-/m0/s1. The summed E-state index contributed by atoms with van der Waals surface area (Å²) in [5, 5.41) is 9.15. The topological polar surface area (TPSA) is 73.7 Å². The third-order valence-electron chi connectivity index (χ3n) is 3.84.